The third-order valence-corrected chi connectivity index (χ3v) is 4.98. The molecule has 0 aliphatic rings. The summed E-state index contributed by atoms with van der Waals surface area (Å²) in [5, 5.41) is 18.3. The van der Waals surface area contributed by atoms with Gasteiger partial charge in [0.2, 0.25) is 17.8 Å². The first kappa shape index (κ1) is 24.6. The number of aromatic nitrogens is 3. The van der Waals surface area contributed by atoms with Crippen LogP contribution in [0, 0.1) is 10.1 Å². The van der Waals surface area contributed by atoms with Crippen molar-refractivity contribution < 1.29 is 4.92 Å². The molecule has 10 heteroatoms. The van der Waals surface area contributed by atoms with Gasteiger partial charge in [-0.3, -0.25) is 10.1 Å². The number of hydrogen-bond donors (Lipinski definition) is 2. The molecule has 0 bridgehead atoms. The topological polar surface area (TPSA) is 121 Å². The van der Waals surface area contributed by atoms with Crippen LogP contribution < -0.4 is 15.6 Å². The van der Waals surface area contributed by atoms with E-state index in [4.69, 9.17) is 0 Å². The Morgan fingerprint density at radius 3 is 2.21 bits per heavy atom. The molecule has 0 spiro atoms. The average Bonchev–Trinajstić information content (AvgIpc) is 2.85. The Hall–Kier alpha value is -4.08. The predicted molar refractivity (Wildman–Crippen MR) is 136 cm³/mol. The van der Waals surface area contributed by atoms with Gasteiger partial charge in [0.15, 0.2) is 0 Å². The molecule has 0 aliphatic carbocycles. The number of benzene rings is 2. The molecule has 178 valence electrons. The smallest absolute Gasteiger partial charge is 0.269 e. The zero-order valence-electron chi connectivity index (χ0n) is 19.5. The van der Waals surface area contributed by atoms with Crippen LogP contribution in [0.3, 0.4) is 0 Å². The number of hydrazone groups is 1. The first-order chi connectivity index (χ1) is 16.6. The molecule has 34 heavy (non-hydrogen) atoms. The minimum Gasteiger partial charge on any atom is -0.341 e. The van der Waals surface area contributed by atoms with Gasteiger partial charge in [-0.2, -0.15) is 20.1 Å². The van der Waals surface area contributed by atoms with Crippen molar-refractivity contribution in [3.05, 3.63) is 70.3 Å². The van der Waals surface area contributed by atoms with Crippen LogP contribution in [0.5, 0.6) is 0 Å². The number of nitro groups is 1. The average molecular weight is 463 g/mol. The van der Waals surface area contributed by atoms with Crippen LogP contribution >= 0.6 is 0 Å². The van der Waals surface area contributed by atoms with Crippen LogP contribution in [0.1, 0.15) is 45.1 Å². The largest absolute Gasteiger partial charge is 0.341 e. The molecule has 1 heterocycles. The van der Waals surface area contributed by atoms with E-state index in [0.29, 0.717) is 23.5 Å². The Balaban J connectivity index is 1.87. The Morgan fingerprint density at radius 2 is 1.59 bits per heavy atom. The van der Waals surface area contributed by atoms with Crippen LogP contribution in [0.15, 0.2) is 59.7 Å². The van der Waals surface area contributed by atoms with Crippen molar-refractivity contribution in [2.45, 2.75) is 39.5 Å². The van der Waals surface area contributed by atoms with Crippen molar-refractivity contribution in [2.24, 2.45) is 5.10 Å². The van der Waals surface area contributed by atoms with E-state index in [1.807, 2.05) is 30.3 Å². The van der Waals surface area contributed by atoms with Crippen LogP contribution in [0.2, 0.25) is 0 Å². The van der Waals surface area contributed by atoms with Crippen molar-refractivity contribution in [3.8, 4) is 0 Å². The van der Waals surface area contributed by atoms with Gasteiger partial charge in [0.05, 0.1) is 11.1 Å². The molecule has 2 aromatic carbocycles. The maximum Gasteiger partial charge on any atom is 0.269 e. The van der Waals surface area contributed by atoms with Crippen LogP contribution in [0.25, 0.3) is 0 Å². The first-order valence-electron chi connectivity index (χ1n) is 11.5. The van der Waals surface area contributed by atoms with Crippen molar-refractivity contribution >= 4 is 35.4 Å². The van der Waals surface area contributed by atoms with E-state index >= 15 is 0 Å². The molecule has 0 aliphatic heterocycles. The highest BCUT2D eigenvalue weighted by atomic mass is 16.6. The monoisotopic (exact) mass is 462 g/mol. The highest BCUT2D eigenvalue weighted by Crippen LogP contribution is 2.21. The van der Waals surface area contributed by atoms with Gasteiger partial charge in [-0.05, 0) is 30.5 Å². The normalized spacial score (nSPS) is 10.9. The van der Waals surface area contributed by atoms with Crippen molar-refractivity contribution in [3.63, 3.8) is 0 Å². The Labute approximate surface area is 199 Å². The van der Waals surface area contributed by atoms with Gasteiger partial charge >= 0.3 is 0 Å². The predicted octanol–water partition coefficient (Wildman–Crippen LogP) is 5.38. The van der Waals surface area contributed by atoms with Gasteiger partial charge in [-0.25, -0.2) is 5.43 Å². The van der Waals surface area contributed by atoms with Gasteiger partial charge in [-0.1, -0.05) is 57.0 Å². The molecular weight excluding hydrogens is 432 g/mol. The van der Waals surface area contributed by atoms with Gasteiger partial charge in [0.1, 0.15) is 0 Å². The summed E-state index contributed by atoms with van der Waals surface area (Å²) >= 11 is 0. The maximum absolute atomic E-state index is 10.9. The Kier molecular flexibility index (Phi) is 9.27. The second kappa shape index (κ2) is 12.8. The molecule has 3 rings (SSSR count). The number of nitrogens with one attached hydrogen (secondary N) is 2. The lowest BCUT2D eigenvalue weighted by atomic mass is 10.2. The molecule has 0 fully saturated rings. The maximum atomic E-state index is 10.9. The summed E-state index contributed by atoms with van der Waals surface area (Å²) in [6.45, 7) is 5.98. The summed E-state index contributed by atoms with van der Waals surface area (Å²) in [4.78, 5) is 26.3. The Morgan fingerprint density at radius 1 is 0.941 bits per heavy atom. The summed E-state index contributed by atoms with van der Waals surface area (Å²) in [5.74, 6) is 1.19. The summed E-state index contributed by atoms with van der Waals surface area (Å²) in [6, 6.07) is 15.8. The number of rotatable bonds is 13. The number of nitro benzene ring substituents is 1. The van der Waals surface area contributed by atoms with Crippen LogP contribution in [-0.4, -0.2) is 39.2 Å². The minimum absolute atomic E-state index is 0.0183. The van der Waals surface area contributed by atoms with E-state index in [2.05, 4.69) is 49.5 Å². The zero-order valence-corrected chi connectivity index (χ0v) is 19.5. The molecule has 0 saturated carbocycles. The van der Waals surface area contributed by atoms with E-state index in [-0.39, 0.29) is 5.69 Å². The third kappa shape index (κ3) is 7.51. The van der Waals surface area contributed by atoms with Crippen molar-refractivity contribution in [1.29, 1.82) is 0 Å². The van der Waals surface area contributed by atoms with E-state index < -0.39 is 4.92 Å². The summed E-state index contributed by atoms with van der Waals surface area (Å²) in [6.07, 6.45) is 5.87. The fourth-order valence-electron chi connectivity index (χ4n) is 3.12. The van der Waals surface area contributed by atoms with Gasteiger partial charge in [-0.15, -0.1) is 0 Å². The third-order valence-electron chi connectivity index (χ3n) is 4.98. The fourth-order valence-corrected chi connectivity index (χ4v) is 3.12. The first-order valence-corrected chi connectivity index (χ1v) is 11.5. The van der Waals surface area contributed by atoms with Crippen molar-refractivity contribution in [2.75, 3.05) is 28.7 Å². The SMILES string of the molecule is CCCCN(CCCC)c1nc(NN=Cc2ccccc2)nc(Nc2ccc([N+](=O)[O-])cc2)n1. The lowest BCUT2D eigenvalue weighted by Gasteiger charge is -2.23. The lowest BCUT2D eigenvalue weighted by molar-refractivity contribution is -0.384. The molecular formula is C24H30N8O2. The number of unbranched alkanes of at least 4 members (excludes halogenated alkanes) is 2. The number of non-ortho nitro benzene ring substituents is 1. The van der Waals surface area contributed by atoms with Gasteiger partial charge in [0, 0.05) is 30.9 Å². The Bertz CT molecular complexity index is 1070. The molecule has 0 amide bonds. The molecule has 0 saturated heterocycles. The molecule has 2 N–H and O–H groups in total. The molecule has 1 aromatic heterocycles. The molecule has 3 aromatic rings. The van der Waals surface area contributed by atoms with E-state index in [9.17, 15) is 10.1 Å². The number of anilines is 4. The van der Waals surface area contributed by atoms with Gasteiger partial charge < -0.3 is 10.2 Å². The minimum atomic E-state index is -0.434. The summed E-state index contributed by atoms with van der Waals surface area (Å²) in [5.41, 5.74) is 4.50. The number of nitrogens with zero attached hydrogens (tertiary/aromatic N) is 6. The molecule has 10 nitrogen and oxygen atoms in total. The highest BCUT2D eigenvalue weighted by molar-refractivity contribution is 5.79. The van der Waals surface area contributed by atoms with E-state index in [1.165, 1.54) is 12.1 Å². The zero-order chi connectivity index (χ0) is 24.2. The van der Waals surface area contributed by atoms with Crippen LogP contribution in [0.4, 0.5) is 29.2 Å². The van der Waals surface area contributed by atoms with E-state index in [1.54, 1.807) is 18.3 Å². The molecule has 0 unspecified atom stereocenters. The standard InChI is InChI=1S/C24H30N8O2/c1-3-5-16-31(17-6-4-2)24-28-22(26-20-12-14-21(15-13-20)32(33)34)27-23(29-24)30-25-18-19-10-8-7-9-11-19/h7-15,18H,3-6,16-17H2,1-2H3,(H2,26,27,28,29,30). The highest BCUT2D eigenvalue weighted by Gasteiger charge is 2.14. The van der Waals surface area contributed by atoms with Gasteiger partial charge in [0.25, 0.3) is 5.69 Å². The van der Waals surface area contributed by atoms with E-state index in [0.717, 1.165) is 44.3 Å². The lowest BCUT2D eigenvalue weighted by Crippen LogP contribution is -2.28. The summed E-state index contributed by atoms with van der Waals surface area (Å²) in [7, 11) is 0. The quantitative estimate of drug-likeness (QED) is 0.197. The molecule has 0 atom stereocenters. The second-order valence-electron chi connectivity index (χ2n) is 7.69. The summed E-state index contributed by atoms with van der Waals surface area (Å²) < 4.78 is 0. The number of hydrogen-bond acceptors (Lipinski definition) is 9. The van der Waals surface area contributed by atoms with Crippen LogP contribution in [-0.2, 0) is 0 Å². The fraction of sp³-hybridized carbons (Fsp3) is 0.333. The molecule has 0 radical (unpaired) electrons. The second-order valence-corrected chi connectivity index (χ2v) is 7.69. The van der Waals surface area contributed by atoms with Crippen molar-refractivity contribution in [1.82, 2.24) is 15.0 Å².